The first kappa shape index (κ1) is 14.8. The lowest BCUT2D eigenvalue weighted by atomic mass is 9.85. The topological polar surface area (TPSA) is 66.5 Å². The summed E-state index contributed by atoms with van der Waals surface area (Å²) in [5.74, 6) is -0.789. The molecule has 1 aliphatic carbocycles. The van der Waals surface area contributed by atoms with Crippen molar-refractivity contribution in [3.05, 3.63) is 12.2 Å². The second-order valence-corrected chi connectivity index (χ2v) is 6.53. The van der Waals surface area contributed by atoms with Crippen molar-refractivity contribution in [1.29, 1.82) is 0 Å². The molecule has 0 aromatic rings. The largest absolute Gasteiger partial charge is 0.351 e. The lowest BCUT2D eigenvalue weighted by molar-refractivity contribution is -0.140. The zero-order valence-corrected chi connectivity index (χ0v) is 12.3. The van der Waals surface area contributed by atoms with Crippen LogP contribution in [0, 0.1) is 11.8 Å². The van der Waals surface area contributed by atoms with E-state index in [1.54, 1.807) is 0 Å². The van der Waals surface area contributed by atoms with Gasteiger partial charge in [0.15, 0.2) is 0 Å². The molecule has 0 saturated carbocycles. The molecule has 0 unspecified atom stereocenters. The molecule has 2 rings (SSSR count). The average Bonchev–Trinajstić information content (AvgIpc) is 2.59. The Kier molecular flexibility index (Phi) is 3.97. The molecule has 110 valence electrons. The Morgan fingerprint density at radius 3 is 2.15 bits per heavy atom. The molecular weight excluding hydrogens is 256 g/mol. The van der Waals surface area contributed by atoms with Crippen molar-refractivity contribution in [1.82, 2.24) is 10.2 Å². The maximum absolute atomic E-state index is 12.2. The molecule has 1 N–H and O–H groups in total. The number of carbonyl (C=O) groups is 3. The van der Waals surface area contributed by atoms with Gasteiger partial charge in [-0.25, -0.2) is 0 Å². The highest BCUT2D eigenvalue weighted by Crippen LogP contribution is 2.34. The Labute approximate surface area is 119 Å². The van der Waals surface area contributed by atoms with E-state index in [9.17, 15) is 14.4 Å². The fourth-order valence-electron chi connectivity index (χ4n) is 2.78. The number of hydrogen-bond donors (Lipinski definition) is 1. The van der Waals surface area contributed by atoms with Crippen LogP contribution < -0.4 is 5.32 Å². The highest BCUT2D eigenvalue weighted by atomic mass is 16.2. The molecule has 3 amide bonds. The Bertz CT molecular complexity index is 436. The molecule has 20 heavy (non-hydrogen) atoms. The van der Waals surface area contributed by atoms with Crippen molar-refractivity contribution in [2.45, 2.75) is 45.6 Å². The van der Waals surface area contributed by atoms with Gasteiger partial charge in [0.05, 0.1) is 11.8 Å². The normalized spacial score (nSPS) is 25.9. The second-order valence-electron chi connectivity index (χ2n) is 6.53. The third-order valence-electron chi connectivity index (χ3n) is 3.68. The smallest absolute Gasteiger partial charge is 0.233 e. The number of allylic oxidation sites excluding steroid dienone is 2. The van der Waals surface area contributed by atoms with Crippen LogP contribution in [-0.4, -0.2) is 34.7 Å². The molecule has 0 aromatic carbocycles. The van der Waals surface area contributed by atoms with Crippen LogP contribution >= 0.6 is 0 Å². The van der Waals surface area contributed by atoms with Gasteiger partial charge in [-0.3, -0.25) is 19.3 Å². The first-order chi connectivity index (χ1) is 9.29. The van der Waals surface area contributed by atoms with E-state index in [0.29, 0.717) is 12.8 Å². The number of fused-ring (bicyclic) bond motifs is 1. The predicted molar refractivity (Wildman–Crippen MR) is 74.6 cm³/mol. The fourth-order valence-corrected chi connectivity index (χ4v) is 2.78. The summed E-state index contributed by atoms with van der Waals surface area (Å²) in [6.07, 6.45) is 5.37. The summed E-state index contributed by atoms with van der Waals surface area (Å²) < 4.78 is 0. The molecule has 0 spiro atoms. The Balaban J connectivity index is 1.92. The minimum Gasteiger partial charge on any atom is -0.351 e. The summed E-state index contributed by atoms with van der Waals surface area (Å²) in [5.41, 5.74) is -0.298. The van der Waals surface area contributed by atoms with Crippen LogP contribution in [0.15, 0.2) is 12.2 Å². The molecule has 0 bridgehead atoms. The van der Waals surface area contributed by atoms with Crippen LogP contribution in [0.25, 0.3) is 0 Å². The van der Waals surface area contributed by atoms with Crippen LogP contribution in [-0.2, 0) is 14.4 Å². The highest BCUT2D eigenvalue weighted by molar-refractivity contribution is 6.05. The van der Waals surface area contributed by atoms with Crippen molar-refractivity contribution >= 4 is 17.7 Å². The van der Waals surface area contributed by atoms with Crippen LogP contribution in [0.3, 0.4) is 0 Å². The number of likely N-dealkylation sites (tertiary alicyclic amines) is 1. The van der Waals surface area contributed by atoms with E-state index in [2.05, 4.69) is 5.32 Å². The van der Waals surface area contributed by atoms with Gasteiger partial charge in [0.2, 0.25) is 17.7 Å². The molecule has 1 saturated heterocycles. The number of nitrogens with one attached hydrogen (secondary N) is 1. The van der Waals surface area contributed by atoms with E-state index in [0.717, 1.165) is 0 Å². The SMILES string of the molecule is CC(C)(C)NC(=O)CCN1C(=O)[C@H]2CC=CC[C@H]2C1=O. The zero-order valence-electron chi connectivity index (χ0n) is 12.3. The van der Waals surface area contributed by atoms with E-state index in [4.69, 9.17) is 0 Å². The predicted octanol–water partition coefficient (Wildman–Crippen LogP) is 1.24. The van der Waals surface area contributed by atoms with Crippen LogP contribution in [0.4, 0.5) is 0 Å². The van der Waals surface area contributed by atoms with E-state index in [1.165, 1.54) is 4.90 Å². The van der Waals surface area contributed by atoms with Gasteiger partial charge in [0.25, 0.3) is 0 Å². The molecule has 5 heteroatoms. The van der Waals surface area contributed by atoms with Gasteiger partial charge in [-0.05, 0) is 33.6 Å². The van der Waals surface area contributed by atoms with Crippen LogP contribution in [0.1, 0.15) is 40.0 Å². The number of rotatable bonds is 3. The Morgan fingerprint density at radius 2 is 1.70 bits per heavy atom. The summed E-state index contributed by atoms with van der Waals surface area (Å²) >= 11 is 0. The maximum atomic E-state index is 12.2. The highest BCUT2D eigenvalue weighted by Gasteiger charge is 2.46. The molecular formula is C15H22N2O3. The Morgan fingerprint density at radius 1 is 1.20 bits per heavy atom. The van der Waals surface area contributed by atoms with Crippen molar-refractivity contribution in [2.24, 2.45) is 11.8 Å². The summed E-state index contributed by atoms with van der Waals surface area (Å²) in [6.45, 7) is 5.89. The maximum Gasteiger partial charge on any atom is 0.233 e. The number of amides is 3. The number of imide groups is 1. The first-order valence-electron chi connectivity index (χ1n) is 7.11. The molecule has 1 aliphatic heterocycles. The minimum atomic E-state index is -0.298. The summed E-state index contributed by atoms with van der Waals surface area (Å²) in [7, 11) is 0. The third-order valence-corrected chi connectivity index (χ3v) is 3.68. The van der Waals surface area contributed by atoms with E-state index < -0.39 is 0 Å². The van der Waals surface area contributed by atoms with Gasteiger partial charge in [-0.2, -0.15) is 0 Å². The van der Waals surface area contributed by atoms with Crippen molar-refractivity contribution in [2.75, 3.05) is 6.54 Å². The molecule has 1 heterocycles. The molecule has 2 atom stereocenters. The second kappa shape index (κ2) is 5.38. The van der Waals surface area contributed by atoms with Crippen molar-refractivity contribution in [3.63, 3.8) is 0 Å². The lowest BCUT2D eigenvalue weighted by Crippen LogP contribution is -2.42. The third kappa shape index (κ3) is 3.08. The molecule has 0 aromatic heterocycles. The van der Waals surface area contributed by atoms with E-state index in [-0.39, 0.29) is 48.1 Å². The molecule has 5 nitrogen and oxygen atoms in total. The summed E-state index contributed by atoms with van der Waals surface area (Å²) in [4.78, 5) is 37.4. The summed E-state index contributed by atoms with van der Waals surface area (Å²) in [6, 6.07) is 0. The lowest BCUT2D eigenvalue weighted by Gasteiger charge is -2.21. The molecule has 2 aliphatic rings. The van der Waals surface area contributed by atoms with Gasteiger partial charge in [0, 0.05) is 18.5 Å². The number of nitrogens with zero attached hydrogens (tertiary/aromatic N) is 1. The minimum absolute atomic E-state index is 0.118. The quantitative estimate of drug-likeness (QED) is 0.624. The monoisotopic (exact) mass is 278 g/mol. The van der Waals surface area contributed by atoms with Gasteiger partial charge in [-0.15, -0.1) is 0 Å². The van der Waals surface area contributed by atoms with E-state index in [1.807, 2.05) is 32.9 Å². The standard InChI is InChI=1S/C15H22N2O3/c1-15(2,3)16-12(18)8-9-17-13(19)10-6-4-5-7-11(10)14(17)20/h4-5,10-11H,6-9H2,1-3H3,(H,16,18)/t10-,11+. The van der Waals surface area contributed by atoms with Gasteiger partial charge in [0.1, 0.15) is 0 Å². The van der Waals surface area contributed by atoms with Gasteiger partial charge >= 0.3 is 0 Å². The van der Waals surface area contributed by atoms with E-state index >= 15 is 0 Å². The Hall–Kier alpha value is -1.65. The summed E-state index contributed by atoms with van der Waals surface area (Å²) in [5, 5.41) is 2.83. The van der Waals surface area contributed by atoms with Gasteiger partial charge < -0.3 is 5.32 Å². The van der Waals surface area contributed by atoms with Crippen LogP contribution in [0.5, 0.6) is 0 Å². The van der Waals surface area contributed by atoms with Crippen molar-refractivity contribution in [3.8, 4) is 0 Å². The first-order valence-corrected chi connectivity index (χ1v) is 7.11. The zero-order chi connectivity index (χ0) is 14.9. The van der Waals surface area contributed by atoms with Crippen molar-refractivity contribution < 1.29 is 14.4 Å². The number of hydrogen-bond acceptors (Lipinski definition) is 3. The van der Waals surface area contributed by atoms with Gasteiger partial charge in [-0.1, -0.05) is 12.2 Å². The number of carbonyl (C=O) groups excluding carboxylic acids is 3. The average molecular weight is 278 g/mol. The molecule has 0 radical (unpaired) electrons. The fraction of sp³-hybridized carbons (Fsp3) is 0.667. The van der Waals surface area contributed by atoms with Crippen LogP contribution in [0.2, 0.25) is 0 Å². The molecule has 1 fully saturated rings.